The molecule has 0 N–H and O–H groups in total. The Morgan fingerprint density at radius 3 is 2.58 bits per heavy atom. The van der Waals surface area contributed by atoms with Gasteiger partial charge in [-0.15, -0.1) is 0 Å². The number of alkyl halides is 3. The highest BCUT2D eigenvalue weighted by molar-refractivity contribution is 7.13. The number of aromatic nitrogens is 2. The fourth-order valence-electron chi connectivity index (χ4n) is 5.18. The van der Waals surface area contributed by atoms with E-state index >= 15 is 0 Å². The zero-order valence-corrected chi connectivity index (χ0v) is 21.7. The third-order valence-electron chi connectivity index (χ3n) is 7.58. The highest BCUT2D eigenvalue weighted by Crippen LogP contribution is 2.34. The van der Waals surface area contributed by atoms with Gasteiger partial charge in [-0.05, 0) is 57.1 Å². The van der Waals surface area contributed by atoms with E-state index in [1.165, 1.54) is 22.0 Å². The summed E-state index contributed by atoms with van der Waals surface area (Å²) in [5, 5.41) is 0.114. The smallest absolute Gasteiger partial charge is 0.425 e. The van der Waals surface area contributed by atoms with Gasteiger partial charge in [-0.25, -0.2) is 4.98 Å². The summed E-state index contributed by atoms with van der Waals surface area (Å²) in [6.45, 7) is 3.74. The van der Waals surface area contributed by atoms with E-state index in [1.54, 1.807) is 19.2 Å². The normalized spacial score (nSPS) is 22.0. The van der Waals surface area contributed by atoms with Crippen molar-refractivity contribution in [2.24, 2.45) is 18.9 Å². The Balaban J connectivity index is 1.18. The number of Topliss-reactive ketones (excluding diaryl/α,β-unsaturated/α-hetero) is 1. The minimum Gasteiger partial charge on any atom is -0.457 e. The van der Waals surface area contributed by atoms with Crippen molar-refractivity contribution in [3.8, 4) is 5.19 Å². The van der Waals surface area contributed by atoms with Crippen LogP contribution in [0.25, 0.3) is 0 Å². The Kier molecular flexibility index (Phi) is 8.55. The van der Waals surface area contributed by atoms with Crippen molar-refractivity contribution in [2.75, 3.05) is 19.6 Å². The van der Waals surface area contributed by atoms with Gasteiger partial charge in [-0.2, -0.15) is 13.2 Å². The number of fused-ring (bicyclic) bond motifs is 1. The summed E-state index contributed by atoms with van der Waals surface area (Å²) in [5.74, 6) is 1.07. The van der Waals surface area contributed by atoms with Gasteiger partial charge in [0.1, 0.15) is 0 Å². The summed E-state index contributed by atoms with van der Waals surface area (Å²) in [5.41, 5.74) is 1.20. The highest BCUT2D eigenvalue weighted by Gasteiger charge is 2.39. The monoisotopic (exact) mass is 525 g/mol. The number of rotatable bonds is 8. The molecule has 1 aliphatic carbocycles. The predicted octanol–water partition coefficient (Wildman–Crippen LogP) is 5.04. The van der Waals surface area contributed by atoms with Crippen molar-refractivity contribution in [3.63, 3.8) is 0 Å². The first-order valence-electron chi connectivity index (χ1n) is 12.7. The molecule has 0 radical (unpaired) electrons. The Labute approximate surface area is 213 Å². The molecule has 4 rings (SSSR count). The zero-order chi connectivity index (χ0) is 25.9. The van der Waals surface area contributed by atoms with Crippen LogP contribution in [0.1, 0.15) is 66.5 Å². The summed E-state index contributed by atoms with van der Waals surface area (Å²) in [4.78, 5) is 32.3. The van der Waals surface area contributed by atoms with E-state index in [0.717, 1.165) is 82.1 Å². The molecule has 3 heterocycles. The van der Waals surface area contributed by atoms with Crippen LogP contribution in [0, 0.1) is 11.8 Å². The number of pyridine rings is 1. The van der Waals surface area contributed by atoms with E-state index in [9.17, 15) is 22.8 Å². The van der Waals surface area contributed by atoms with Crippen LogP contribution in [-0.4, -0.2) is 52.1 Å². The van der Waals surface area contributed by atoms with Crippen molar-refractivity contribution in [1.29, 1.82) is 0 Å². The second-order valence-corrected chi connectivity index (χ2v) is 11.2. The zero-order valence-electron chi connectivity index (χ0n) is 20.9. The summed E-state index contributed by atoms with van der Waals surface area (Å²) in [6.07, 6.45) is 1.19. The fourth-order valence-corrected chi connectivity index (χ4v) is 6.20. The van der Waals surface area contributed by atoms with Gasteiger partial charge in [0.2, 0.25) is 0 Å². The number of ketones is 1. The van der Waals surface area contributed by atoms with Crippen molar-refractivity contribution >= 4 is 17.1 Å². The lowest BCUT2D eigenvalue weighted by molar-refractivity contribution is -0.189. The number of thiazole rings is 1. The van der Waals surface area contributed by atoms with Crippen molar-refractivity contribution in [2.45, 2.75) is 70.6 Å². The average molecular weight is 526 g/mol. The Bertz CT molecular complexity index is 1080. The number of nitrogens with zero attached hydrogens (tertiary/aromatic N) is 3. The Morgan fingerprint density at radius 2 is 1.86 bits per heavy atom. The van der Waals surface area contributed by atoms with Crippen LogP contribution in [-0.2, 0) is 19.9 Å². The summed E-state index contributed by atoms with van der Waals surface area (Å²) in [6, 6.07) is 4.83. The van der Waals surface area contributed by atoms with Gasteiger partial charge in [0.15, 0.2) is 11.9 Å². The molecular weight excluding hydrogens is 491 g/mol. The third kappa shape index (κ3) is 6.76. The van der Waals surface area contributed by atoms with E-state index in [2.05, 4.69) is 9.88 Å². The van der Waals surface area contributed by atoms with Crippen LogP contribution in [0.3, 0.4) is 0 Å². The Morgan fingerprint density at radius 1 is 1.17 bits per heavy atom. The second kappa shape index (κ2) is 11.5. The molecule has 0 unspecified atom stereocenters. The standard InChI is InChI=1S/C26H34F3N3O3S/c1-17(26(27,28)29)35-25-30-20-11-14-32(15-12-23(20)36-25)13-10-18-6-8-19(9-7-18)16-22(33)21-4-3-5-24(34)31(21)2/h3-5,17-19H,6-16H2,1-2H3/t17-,18?,19?/m0/s1. The van der Waals surface area contributed by atoms with Crippen LogP contribution in [0.15, 0.2) is 23.0 Å². The predicted molar refractivity (Wildman–Crippen MR) is 133 cm³/mol. The molecule has 0 spiro atoms. The first-order chi connectivity index (χ1) is 17.1. The van der Waals surface area contributed by atoms with Crippen molar-refractivity contribution in [1.82, 2.24) is 14.5 Å². The highest BCUT2D eigenvalue weighted by atomic mass is 32.1. The molecule has 0 bridgehead atoms. The fraction of sp³-hybridized carbons (Fsp3) is 0.654. The minimum absolute atomic E-state index is 0.0470. The molecule has 10 heteroatoms. The summed E-state index contributed by atoms with van der Waals surface area (Å²) < 4.78 is 44.8. The van der Waals surface area contributed by atoms with Gasteiger partial charge in [0, 0.05) is 43.9 Å². The van der Waals surface area contributed by atoms with Gasteiger partial charge in [-0.1, -0.05) is 30.2 Å². The van der Waals surface area contributed by atoms with Gasteiger partial charge in [0.05, 0.1) is 11.4 Å². The maximum atomic E-state index is 12.8. The van der Waals surface area contributed by atoms with Crippen LogP contribution in [0.5, 0.6) is 5.19 Å². The lowest BCUT2D eigenvalue weighted by Gasteiger charge is -2.30. The van der Waals surface area contributed by atoms with Crippen LogP contribution < -0.4 is 10.3 Å². The molecule has 2 aromatic heterocycles. The molecule has 198 valence electrons. The van der Waals surface area contributed by atoms with Crippen LogP contribution >= 0.6 is 11.3 Å². The maximum absolute atomic E-state index is 12.8. The number of halogens is 3. The lowest BCUT2D eigenvalue weighted by atomic mass is 9.78. The molecule has 1 atom stereocenters. The Hall–Kier alpha value is -2.20. The van der Waals surface area contributed by atoms with Gasteiger partial charge >= 0.3 is 6.18 Å². The molecule has 2 aliphatic rings. The quantitative estimate of drug-likeness (QED) is 0.452. The van der Waals surface area contributed by atoms with E-state index in [1.807, 2.05) is 0 Å². The van der Waals surface area contributed by atoms with Crippen molar-refractivity contribution in [3.05, 3.63) is 44.8 Å². The minimum atomic E-state index is -4.39. The molecule has 2 aromatic rings. The maximum Gasteiger partial charge on any atom is 0.425 e. The molecule has 0 amide bonds. The summed E-state index contributed by atoms with van der Waals surface area (Å²) >= 11 is 1.24. The van der Waals surface area contributed by atoms with Crippen LogP contribution in [0.2, 0.25) is 0 Å². The van der Waals surface area contributed by atoms with Crippen molar-refractivity contribution < 1.29 is 22.7 Å². The first kappa shape index (κ1) is 26.9. The van der Waals surface area contributed by atoms with E-state index < -0.39 is 12.3 Å². The summed E-state index contributed by atoms with van der Waals surface area (Å²) in [7, 11) is 1.64. The number of carbonyl (C=O) groups excluding carboxylic acids is 1. The molecule has 1 aliphatic heterocycles. The number of hydrogen-bond donors (Lipinski definition) is 0. The average Bonchev–Trinajstić information content (AvgIpc) is 3.11. The first-order valence-corrected chi connectivity index (χ1v) is 13.6. The van der Waals surface area contributed by atoms with Gasteiger partial charge in [0.25, 0.3) is 10.8 Å². The number of carbonyl (C=O) groups is 1. The molecule has 36 heavy (non-hydrogen) atoms. The SMILES string of the molecule is C[C@H](Oc1nc2c(s1)CCN(CCC1CCC(CC(=O)c3cccc(=O)n3C)CC1)CC2)C(F)(F)F. The largest absolute Gasteiger partial charge is 0.457 e. The third-order valence-corrected chi connectivity index (χ3v) is 8.63. The molecule has 1 saturated carbocycles. The second-order valence-electron chi connectivity index (χ2n) is 10.1. The topological polar surface area (TPSA) is 64.4 Å². The molecule has 6 nitrogen and oxygen atoms in total. The molecule has 1 fully saturated rings. The van der Waals surface area contributed by atoms with Crippen LogP contribution in [0.4, 0.5) is 13.2 Å². The van der Waals surface area contributed by atoms with Gasteiger partial charge < -0.3 is 14.2 Å². The lowest BCUT2D eigenvalue weighted by Crippen LogP contribution is -2.31. The number of hydrogen-bond acceptors (Lipinski definition) is 6. The van der Waals surface area contributed by atoms with Gasteiger partial charge in [-0.3, -0.25) is 9.59 Å². The molecule has 0 aromatic carbocycles. The van der Waals surface area contributed by atoms with E-state index in [4.69, 9.17) is 4.74 Å². The van der Waals surface area contributed by atoms with E-state index in [-0.39, 0.29) is 16.5 Å². The molecular formula is C26H34F3N3O3S. The number of ether oxygens (including phenoxy) is 1. The molecule has 0 saturated heterocycles. The van der Waals surface area contributed by atoms with E-state index in [0.29, 0.717) is 24.0 Å².